The van der Waals surface area contributed by atoms with Gasteiger partial charge in [-0.1, -0.05) is 34.6 Å². The molecule has 0 aliphatic carbocycles. The summed E-state index contributed by atoms with van der Waals surface area (Å²) in [7, 11) is 0. The van der Waals surface area contributed by atoms with Gasteiger partial charge in [0.1, 0.15) is 0 Å². The minimum atomic E-state index is -0.181. The molecule has 0 atom stereocenters. The Hall–Kier alpha value is -2.78. The van der Waals surface area contributed by atoms with Crippen molar-refractivity contribution < 1.29 is 23.5 Å². The molecule has 2 amide bonds. The Kier molecular flexibility index (Phi) is 10.9. The smallest absolute Gasteiger partial charge is 0.251 e. The molecular weight excluding hydrogens is 448 g/mol. The van der Waals surface area contributed by atoms with Gasteiger partial charge in [0.2, 0.25) is 17.7 Å². The number of amides is 2. The number of aromatic nitrogens is 2. The van der Waals surface area contributed by atoms with Crippen molar-refractivity contribution in [2.24, 2.45) is 10.8 Å². The van der Waals surface area contributed by atoms with E-state index in [9.17, 15) is 9.59 Å². The number of carbonyl (C=O) groups is 2. The van der Waals surface area contributed by atoms with Gasteiger partial charge in [0.25, 0.3) is 5.91 Å². The molecule has 1 aromatic carbocycles. The molecule has 1 aromatic heterocycles. The van der Waals surface area contributed by atoms with Gasteiger partial charge in [0.15, 0.2) is 0 Å². The summed E-state index contributed by atoms with van der Waals surface area (Å²) >= 11 is 0. The van der Waals surface area contributed by atoms with Crippen molar-refractivity contribution in [2.45, 2.75) is 54.4 Å². The lowest BCUT2D eigenvalue weighted by Gasteiger charge is -2.31. The van der Waals surface area contributed by atoms with E-state index >= 15 is 0 Å². The fourth-order valence-corrected chi connectivity index (χ4v) is 4.10. The number of benzene rings is 1. The predicted molar refractivity (Wildman–Crippen MR) is 134 cm³/mol. The highest BCUT2D eigenvalue weighted by molar-refractivity contribution is 5.94. The van der Waals surface area contributed by atoms with Crippen LogP contribution >= 0.6 is 0 Å². The summed E-state index contributed by atoms with van der Waals surface area (Å²) in [5, 5.41) is 13.5. The SMILES string of the molecule is Cc1nnc(-c2ccc(C(=O)NCCOCCOCCNC(=O)CC(C)(C)CC(C)(C)C)cc2)o1. The van der Waals surface area contributed by atoms with Gasteiger partial charge in [-0.3, -0.25) is 9.59 Å². The van der Waals surface area contributed by atoms with Gasteiger partial charge in [-0.05, 0) is 41.5 Å². The standard InChI is InChI=1S/C26H40N4O5/c1-19-29-30-24(35-19)21-9-7-20(8-10-21)23(32)28-12-14-34-16-15-33-13-11-27-22(31)17-26(5,6)18-25(2,3)4/h7-10H,11-18H2,1-6H3,(H,27,31)(H,28,32). The lowest BCUT2D eigenvalue weighted by Crippen LogP contribution is -2.33. The van der Waals surface area contributed by atoms with Crippen molar-refractivity contribution in [3.05, 3.63) is 35.7 Å². The average Bonchev–Trinajstić information content (AvgIpc) is 3.19. The zero-order valence-corrected chi connectivity index (χ0v) is 21.9. The highest BCUT2D eigenvalue weighted by atomic mass is 16.5. The quantitative estimate of drug-likeness (QED) is 0.389. The molecule has 1 heterocycles. The molecule has 9 heteroatoms. The number of hydrogen-bond acceptors (Lipinski definition) is 7. The summed E-state index contributed by atoms with van der Waals surface area (Å²) in [4.78, 5) is 24.4. The largest absolute Gasteiger partial charge is 0.421 e. The van der Waals surface area contributed by atoms with Crippen LogP contribution in [0.25, 0.3) is 11.5 Å². The summed E-state index contributed by atoms with van der Waals surface area (Å²) in [6, 6.07) is 6.96. The van der Waals surface area contributed by atoms with Crippen molar-refractivity contribution in [2.75, 3.05) is 39.5 Å². The third kappa shape index (κ3) is 11.5. The van der Waals surface area contributed by atoms with Crippen LogP contribution in [0, 0.1) is 17.8 Å². The number of carbonyl (C=O) groups excluding carboxylic acids is 2. The third-order valence-electron chi connectivity index (χ3n) is 5.04. The summed E-state index contributed by atoms with van der Waals surface area (Å²) in [5.41, 5.74) is 1.45. The molecule has 2 N–H and O–H groups in total. The highest BCUT2D eigenvalue weighted by Gasteiger charge is 2.27. The molecule has 0 aliphatic rings. The first-order valence-corrected chi connectivity index (χ1v) is 12.1. The number of nitrogens with zero attached hydrogens (tertiary/aromatic N) is 2. The second-order valence-electron chi connectivity index (χ2n) is 10.6. The van der Waals surface area contributed by atoms with Crippen molar-refractivity contribution >= 4 is 11.8 Å². The van der Waals surface area contributed by atoms with Crippen LogP contribution in [0.2, 0.25) is 0 Å². The van der Waals surface area contributed by atoms with Gasteiger partial charge in [0, 0.05) is 37.6 Å². The number of hydrogen-bond donors (Lipinski definition) is 2. The van der Waals surface area contributed by atoms with Crippen LogP contribution in [-0.2, 0) is 14.3 Å². The van der Waals surface area contributed by atoms with Gasteiger partial charge < -0.3 is 24.5 Å². The average molecular weight is 489 g/mol. The molecule has 35 heavy (non-hydrogen) atoms. The van der Waals surface area contributed by atoms with Gasteiger partial charge in [-0.15, -0.1) is 10.2 Å². The second-order valence-corrected chi connectivity index (χ2v) is 10.6. The minimum Gasteiger partial charge on any atom is -0.421 e. The molecule has 0 bridgehead atoms. The van der Waals surface area contributed by atoms with Gasteiger partial charge in [-0.25, -0.2) is 0 Å². The minimum absolute atomic E-state index is 0.0375. The van der Waals surface area contributed by atoms with E-state index in [1.165, 1.54) is 0 Å². The van der Waals surface area contributed by atoms with Crippen molar-refractivity contribution in [1.82, 2.24) is 20.8 Å². The van der Waals surface area contributed by atoms with Crippen LogP contribution in [0.5, 0.6) is 0 Å². The molecule has 2 rings (SSSR count). The topological polar surface area (TPSA) is 116 Å². The van der Waals surface area contributed by atoms with Crippen LogP contribution in [0.3, 0.4) is 0 Å². The van der Waals surface area contributed by atoms with Crippen LogP contribution in [0.15, 0.2) is 28.7 Å². The fraction of sp³-hybridized carbons (Fsp3) is 0.615. The lowest BCUT2D eigenvalue weighted by atomic mass is 9.74. The molecule has 0 saturated heterocycles. The maximum absolute atomic E-state index is 12.2. The Morgan fingerprint density at radius 3 is 2.03 bits per heavy atom. The molecule has 194 valence electrons. The fourth-order valence-electron chi connectivity index (χ4n) is 4.10. The van der Waals surface area contributed by atoms with E-state index in [-0.39, 0.29) is 22.6 Å². The van der Waals surface area contributed by atoms with E-state index in [0.717, 1.165) is 12.0 Å². The predicted octanol–water partition coefficient (Wildman–Crippen LogP) is 3.78. The van der Waals surface area contributed by atoms with E-state index in [1.54, 1.807) is 31.2 Å². The lowest BCUT2D eigenvalue weighted by molar-refractivity contribution is -0.123. The van der Waals surface area contributed by atoms with Crippen molar-refractivity contribution in [1.29, 1.82) is 0 Å². The van der Waals surface area contributed by atoms with Gasteiger partial charge in [0.05, 0.1) is 26.4 Å². The summed E-state index contributed by atoms with van der Waals surface area (Å²) < 4.78 is 16.4. The molecule has 2 aromatic rings. The Morgan fingerprint density at radius 1 is 0.886 bits per heavy atom. The highest BCUT2D eigenvalue weighted by Crippen LogP contribution is 2.35. The monoisotopic (exact) mass is 488 g/mol. The number of rotatable bonds is 14. The zero-order valence-electron chi connectivity index (χ0n) is 21.9. The van der Waals surface area contributed by atoms with E-state index in [2.05, 4.69) is 55.4 Å². The van der Waals surface area contributed by atoms with Crippen molar-refractivity contribution in [3.63, 3.8) is 0 Å². The Balaban J connectivity index is 1.49. The molecule has 0 spiro atoms. The molecule has 0 unspecified atom stereocenters. The molecule has 0 saturated carbocycles. The third-order valence-corrected chi connectivity index (χ3v) is 5.04. The molecule has 0 fully saturated rings. The van der Waals surface area contributed by atoms with E-state index < -0.39 is 0 Å². The van der Waals surface area contributed by atoms with E-state index in [4.69, 9.17) is 13.9 Å². The van der Waals surface area contributed by atoms with Gasteiger partial charge in [-0.2, -0.15) is 0 Å². The van der Waals surface area contributed by atoms with Crippen LogP contribution in [0.1, 0.15) is 63.7 Å². The first kappa shape index (κ1) is 28.5. The van der Waals surface area contributed by atoms with Crippen molar-refractivity contribution in [3.8, 4) is 11.5 Å². The number of aryl methyl sites for hydroxylation is 1. The summed E-state index contributed by atoms with van der Waals surface area (Å²) in [6.07, 6.45) is 1.48. The first-order valence-electron chi connectivity index (χ1n) is 12.1. The van der Waals surface area contributed by atoms with E-state index in [1.807, 2.05) is 0 Å². The Bertz CT molecular complexity index is 932. The van der Waals surface area contributed by atoms with Gasteiger partial charge >= 0.3 is 0 Å². The first-order chi connectivity index (χ1) is 16.5. The van der Waals surface area contributed by atoms with Crippen LogP contribution < -0.4 is 10.6 Å². The number of nitrogens with one attached hydrogen (secondary N) is 2. The number of ether oxygens (including phenoxy) is 2. The Morgan fingerprint density at radius 2 is 1.49 bits per heavy atom. The molecule has 0 aliphatic heterocycles. The molecule has 9 nitrogen and oxygen atoms in total. The Labute approximate surface area is 208 Å². The molecule has 0 radical (unpaired) electrons. The normalized spacial score (nSPS) is 11.9. The second kappa shape index (κ2) is 13.3. The van der Waals surface area contributed by atoms with Crippen LogP contribution in [-0.4, -0.2) is 61.5 Å². The maximum atomic E-state index is 12.2. The van der Waals surface area contributed by atoms with E-state index in [0.29, 0.717) is 63.3 Å². The molecular formula is C26H40N4O5. The summed E-state index contributed by atoms with van der Waals surface area (Å²) in [6.45, 7) is 15.1. The van der Waals surface area contributed by atoms with Crippen LogP contribution in [0.4, 0.5) is 0 Å². The summed E-state index contributed by atoms with van der Waals surface area (Å²) in [5.74, 6) is 0.784. The zero-order chi connectivity index (χ0) is 25.9. The maximum Gasteiger partial charge on any atom is 0.251 e.